The number of halogens is 1. The van der Waals surface area contributed by atoms with Crippen LogP contribution in [0.4, 0.5) is 0 Å². The van der Waals surface area contributed by atoms with Crippen molar-refractivity contribution in [3.8, 4) is 0 Å². The molecule has 0 aromatic rings. The van der Waals surface area contributed by atoms with E-state index in [1.54, 1.807) is 0 Å². The minimum absolute atomic E-state index is 0.0625. The second kappa shape index (κ2) is 0.861. The molecule has 0 aromatic carbocycles. The monoisotopic (exact) mass is 147 g/mol. The van der Waals surface area contributed by atoms with E-state index in [4.69, 9.17) is 0 Å². The molecular formula is C4H6BrN. The molecule has 34 valence electrons. The first-order chi connectivity index (χ1) is 2.63. The smallest absolute Gasteiger partial charge is 0.149 e. The highest BCUT2D eigenvalue weighted by Gasteiger charge is 2.34. The largest absolute Gasteiger partial charge is 0.267 e. The van der Waals surface area contributed by atoms with Gasteiger partial charge in [0.2, 0.25) is 0 Å². The quantitative estimate of drug-likeness (QED) is 0.365. The van der Waals surface area contributed by atoms with Crippen molar-refractivity contribution in [3.05, 3.63) is 0 Å². The van der Waals surface area contributed by atoms with E-state index in [1.807, 2.05) is 13.8 Å². The second-order valence-corrected chi connectivity index (χ2v) is 3.19. The third-order valence-electron chi connectivity index (χ3n) is 0.988. The van der Waals surface area contributed by atoms with E-state index in [1.165, 1.54) is 5.71 Å². The van der Waals surface area contributed by atoms with E-state index >= 15 is 0 Å². The summed E-state index contributed by atoms with van der Waals surface area (Å²) in [5.74, 6) is 0. The SMILES string of the molecule is CC1=NC1(C)Br. The molecule has 1 unspecified atom stereocenters. The van der Waals surface area contributed by atoms with Gasteiger partial charge >= 0.3 is 0 Å². The Morgan fingerprint density at radius 2 is 2.00 bits per heavy atom. The van der Waals surface area contributed by atoms with Gasteiger partial charge in [0.25, 0.3) is 0 Å². The summed E-state index contributed by atoms with van der Waals surface area (Å²) in [6, 6.07) is 0. The van der Waals surface area contributed by atoms with Crippen LogP contribution in [0.5, 0.6) is 0 Å². The Balaban J connectivity index is 2.53. The number of aliphatic imine (C=N–C) groups is 1. The molecule has 0 fully saturated rings. The van der Waals surface area contributed by atoms with Crippen molar-refractivity contribution in [2.75, 3.05) is 0 Å². The molecule has 0 spiro atoms. The minimum atomic E-state index is 0.0625. The summed E-state index contributed by atoms with van der Waals surface area (Å²) < 4.78 is 0.0625. The number of hydrogen-bond donors (Lipinski definition) is 0. The average Bonchev–Trinajstić information content (AvgIpc) is 1.73. The van der Waals surface area contributed by atoms with Gasteiger partial charge in [0.15, 0.2) is 0 Å². The molecule has 0 aliphatic carbocycles. The zero-order valence-corrected chi connectivity index (χ0v) is 5.41. The van der Waals surface area contributed by atoms with Crippen molar-refractivity contribution < 1.29 is 0 Å². The summed E-state index contributed by atoms with van der Waals surface area (Å²) in [4.78, 5) is 4.02. The molecule has 0 N–H and O–H groups in total. The van der Waals surface area contributed by atoms with Gasteiger partial charge in [-0.3, -0.25) is 4.99 Å². The van der Waals surface area contributed by atoms with Gasteiger partial charge in [-0.2, -0.15) is 0 Å². The maximum atomic E-state index is 4.02. The molecule has 1 rings (SSSR count). The van der Waals surface area contributed by atoms with E-state index in [0.29, 0.717) is 0 Å². The normalized spacial score (nSPS) is 42.2. The average molecular weight is 148 g/mol. The Morgan fingerprint density at radius 1 is 1.83 bits per heavy atom. The van der Waals surface area contributed by atoms with Gasteiger partial charge in [-0.05, 0) is 13.8 Å². The lowest BCUT2D eigenvalue weighted by molar-refractivity contribution is 1.08. The van der Waals surface area contributed by atoms with Crippen molar-refractivity contribution in [2.24, 2.45) is 4.99 Å². The van der Waals surface area contributed by atoms with Crippen molar-refractivity contribution in [1.29, 1.82) is 0 Å². The number of alkyl halides is 1. The molecule has 0 amide bonds. The summed E-state index contributed by atoms with van der Waals surface area (Å²) in [7, 11) is 0. The summed E-state index contributed by atoms with van der Waals surface area (Å²) in [6.07, 6.45) is 0. The molecule has 1 atom stereocenters. The maximum absolute atomic E-state index is 4.02. The van der Waals surface area contributed by atoms with Gasteiger partial charge < -0.3 is 0 Å². The predicted octanol–water partition coefficient (Wildman–Crippen LogP) is 1.57. The van der Waals surface area contributed by atoms with Crippen LogP contribution in [0.15, 0.2) is 4.99 Å². The highest BCUT2D eigenvalue weighted by Crippen LogP contribution is 2.33. The fourth-order valence-electron chi connectivity index (χ4n) is 0.287. The van der Waals surface area contributed by atoms with Crippen LogP contribution in [-0.2, 0) is 0 Å². The van der Waals surface area contributed by atoms with Crippen LogP contribution in [0.1, 0.15) is 13.8 Å². The van der Waals surface area contributed by atoms with E-state index in [0.717, 1.165) is 0 Å². The van der Waals surface area contributed by atoms with Crippen LogP contribution in [0.3, 0.4) is 0 Å². The van der Waals surface area contributed by atoms with Gasteiger partial charge in [-0.15, -0.1) is 0 Å². The Hall–Kier alpha value is 0.150. The molecule has 2 heteroatoms. The molecule has 0 saturated carbocycles. The third-order valence-corrected chi connectivity index (χ3v) is 1.74. The van der Waals surface area contributed by atoms with Gasteiger partial charge in [0, 0.05) is 5.71 Å². The van der Waals surface area contributed by atoms with Crippen molar-refractivity contribution >= 4 is 21.6 Å². The Bertz CT molecular complexity index is 104. The van der Waals surface area contributed by atoms with E-state index in [-0.39, 0.29) is 4.45 Å². The van der Waals surface area contributed by atoms with E-state index in [9.17, 15) is 0 Å². The van der Waals surface area contributed by atoms with Gasteiger partial charge in [-0.25, -0.2) is 0 Å². The first-order valence-corrected chi connectivity index (χ1v) is 2.68. The standard InChI is InChI=1S/C4H6BrN/c1-3-4(2,5)6-3/h1-2H3. The molecule has 0 radical (unpaired) electrons. The summed E-state index contributed by atoms with van der Waals surface area (Å²) in [5, 5.41) is 0. The molecule has 1 aliphatic heterocycles. The Kier molecular flexibility index (Phi) is 0.619. The molecule has 1 nitrogen and oxygen atoms in total. The molecule has 0 bridgehead atoms. The van der Waals surface area contributed by atoms with Crippen molar-refractivity contribution in [2.45, 2.75) is 18.3 Å². The molecule has 0 saturated heterocycles. The zero-order chi connectivity index (χ0) is 4.78. The van der Waals surface area contributed by atoms with Crippen molar-refractivity contribution in [3.63, 3.8) is 0 Å². The molecule has 0 aromatic heterocycles. The predicted molar refractivity (Wildman–Crippen MR) is 30.4 cm³/mol. The lowest BCUT2D eigenvalue weighted by atomic mass is 10.4. The lowest BCUT2D eigenvalue weighted by Gasteiger charge is -1.86. The fourth-order valence-corrected chi connectivity index (χ4v) is 0.553. The zero-order valence-electron chi connectivity index (χ0n) is 3.83. The highest BCUT2D eigenvalue weighted by atomic mass is 79.9. The highest BCUT2D eigenvalue weighted by molar-refractivity contribution is 9.10. The maximum Gasteiger partial charge on any atom is 0.149 e. The summed E-state index contributed by atoms with van der Waals surface area (Å²) in [5.41, 5.74) is 1.20. The first kappa shape index (κ1) is 4.31. The number of hydrogen-bond acceptors (Lipinski definition) is 1. The third kappa shape index (κ3) is 0.492. The molecule has 1 heterocycles. The molecule has 6 heavy (non-hydrogen) atoms. The molecule has 1 aliphatic rings. The minimum Gasteiger partial charge on any atom is -0.267 e. The van der Waals surface area contributed by atoms with Crippen LogP contribution in [0.2, 0.25) is 0 Å². The molecular weight excluding hydrogens is 142 g/mol. The van der Waals surface area contributed by atoms with Gasteiger partial charge in [-0.1, -0.05) is 15.9 Å². The van der Waals surface area contributed by atoms with E-state index < -0.39 is 0 Å². The van der Waals surface area contributed by atoms with Crippen molar-refractivity contribution in [1.82, 2.24) is 0 Å². The van der Waals surface area contributed by atoms with Crippen LogP contribution >= 0.6 is 15.9 Å². The lowest BCUT2D eigenvalue weighted by Crippen LogP contribution is -1.96. The number of rotatable bonds is 0. The first-order valence-electron chi connectivity index (χ1n) is 1.89. The summed E-state index contributed by atoms with van der Waals surface area (Å²) in [6.45, 7) is 4.04. The second-order valence-electron chi connectivity index (χ2n) is 1.65. The topological polar surface area (TPSA) is 12.4 Å². The fraction of sp³-hybridized carbons (Fsp3) is 0.750. The van der Waals surface area contributed by atoms with Gasteiger partial charge in [0.05, 0.1) is 0 Å². The van der Waals surface area contributed by atoms with Crippen LogP contribution in [-0.4, -0.2) is 10.2 Å². The Morgan fingerprint density at radius 3 is 2.00 bits per heavy atom. The van der Waals surface area contributed by atoms with Crippen LogP contribution in [0, 0.1) is 0 Å². The summed E-state index contributed by atoms with van der Waals surface area (Å²) >= 11 is 3.35. The number of nitrogens with zero attached hydrogens (tertiary/aromatic N) is 1. The van der Waals surface area contributed by atoms with Gasteiger partial charge in [0.1, 0.15) is 4.45 Å². The van der Waals surface area contributed by atoms with Crippen LogP contribution < -0.4 is 0 Å². The van der Waals surface area contributed by atoms with E-state index in [2.05, 4.69) is 20.9 Å². The Labute approximate surface area is 45.6 Å². The van der Waals surface area contributed by atoms with Crippen LogP contribution in [0.25, 0.3) is 0 Å².